The second kappa shape index (κ2) is 7.09. The van der Waals surface area contributed by atoms with Gasteiger partial charge in [0, 0.05) is 12.2 Å². The van der Waals surface area contributed by atoms with Gasteiger partial charge in [0.2, 0.25) is 0 Å². The number of hydrogen-bond donors (Lipinski definition) is 2. The molecular weight excluding hydrogens is 269 g/mol. The quantitative estimate of drug-likeness (QED) is 0.857. The number of halogens is 1. The molecule has 2 N–H and O–H groups in total. The van der Waals surface area contributed by atoms with E-state index in [1.807, 2.05) is 44.2 Å². The lowest BCUT2D eigenvalue weighted by Crippen LogP contribution is -2.26. The molecule has 2 aromatic rings. The highest BCUT2D eigenvalue weighted by Gasteiger charge is 2.06. The number of aryl methyl sites for hydroxylation is 2. The van der Waals surface area contributed by atoms with Crippen molar-refractivity contribution in [1.29, 1.82) is 0 Å². The van der Waals surface area contributed by atoms with E-state index in [1.54, 1.807) is 0 Å². The van der Waals surface area contributed by atoms with E-state index in [-0.39, 0.29) is 12.4 Å². The highest BCUT2D eigenvalue weighted by Crippen LogP contribution is 2.14. The molecule has 0 aliphatic carbocycles. The summed E-state index contributed by atoms with van der Waals surface area (Å²) in [6.07, 6.45) is -0.671. The van der Waals surface area contributed by atoms with Crippen molar-refractivity contribution in [1.82, 2.24) is 0 Å². The first-order valence-corrected chi connectivity index (χ1v) is 6.91. The Kier molecular flexibility index (Phi) is 5.17. The summed E-state index contributed by atoms with van der Waals surface area (Å²) in [6.45, 7) is 4.31. The number of anilines is 1. The molecule has 112 valence electrons. The third kappa shape index (κ3) is 5.08. The van der Waals surface area contributed by atoms with Gasteiger partial charge in [-0.15, -0.1) is 0 Å². The fourth-order valence-corrected chi connectivity index (χ4v) is 1.96. The van der Waals surface area contributed by atoms with Crippen molar-refractivity contribution >= 4 is 5.69 Å². The second-order valence-corrected chi connectivity index (χ2v) is 5.18. The van der Waals surface area contributed by atoms with Gasteiger partial charge in [-0.25, -0.2) is 4.39 Å². The maximum absolute atomic E-state index is 13.2. The van der Waals surface area contributed by atoms with E-state index in [0.29, 0.717) is 12.2 Å². The summed E-state index contributed by atoms with van der Waals surface area (Å²) in [6, 6.07) is 12.3. The predicted molar refractivity (Wildman–Crippen MR) is 82.3 cm³/mol. The normalized spacial score (nSPS) is 12.0. The first-order chi connectivity index (χ1) is 10.0. The number of hydrogen-bond acceptors (Lipinski definition) is 3. The number of ether oxygens (including phenoxy) is 1. The number of nitrogens with one attached hydrogen (secondary N) is 1. The van der Waals surface area contributed by atoms with Crippen LogP contribution in [0.1, 0.15) is 11.1 Å². The average Bonchev–Trinajstić information content (AvgIpc) is 2.43. The van der Waals surface area contributed by atoms with Crippen molar-refractivity contribution in [2.45, 2.75) is 20.0 Å². The molecule has 0 aliphatic rings. The predicted octanol–water partition coefficient (Wildman–Crippen LogP) is 3.29. The zero-order valence-corrected chi connectivity index (χ0v) is 12.3. The fraction of sp³-hybridized carbons (Fsp3) is 0.294. The van der Waals surface area contributed by atoms with Crippen molar-refractivity contribution in [2.75, 3.05) is 18.5 Å². The molecule has 0 amide bonds. The average molecular weight is 289 g/mol. The molecule has 0 saturated carbocycles. The van der Waals surface area contributed by atoms with Gasteiger partial charge in [0.05, 0.1) is 0 Å². The monoisotopic (exact) mass is 289 g/mol. The zero-order valence-electron chi connectivity index (χ0n) is 12.3. The number of benzene rings is 2. The number of aliphatic hydroxyl groups excluding tert-OH is 1. The smallest absolute Gasteiger partial charge is 0.125 e. The van der Waals surface area contributed by atoms with Gasteiger partial charge in [-0.2, -0.15) is 0 Å². The van der Waals surface area contributed by atoms with Crippen molar-refractivity contribution in [2.24, 2.45) is 0 Å². The van der Waals surface area contributed by atoms with E-state index in [1.165, 1.54) is 12.1 Å². The minimum Gasteiger partial charge on any atom is -0.491 e. The maximum Gasteiger partial charge on any atom is 0.125 e. The zero-order chi connectivity index (χ0) is 15.2. The topological polar surface area (TPSA) is 41.5 Å². The van der Waals surface area contributed by atoms with E-state index < -0.39 is 6.10 Å². The Bertz CT molecular complexity index is 564. The van der Waals surface area contributed by atoms with Gasteiger partial charge < -0.3 is 15.2 Å². The third-order valence-corrected chi connectivity index (χ3v) is 3.05. The molecule has 1 unspecified atom stereocenters. The van der Waals surface area contributed by atoms with Gasteiger partial charge >= 0.3 is 0 Å². The van der Waals surface area contributed by atoms with Crippen LogP contribution in [0.25, 0.3) is 0 Å². The van der Waals surface area contributed by atoms with Crippen molar-refractivity contribution < 1.29 is 14.2 Å². The lowest BCUT2D eigenvalue weighted by atomic mass is 10.2. The lowest BCUT2D eigenvalue weighted by molar-refractivity contribution is 0.117. The standard InChI is InChI=1S/C17H20FNO2/c1-12-3-5-17(6-4-12)21-11-16(20)10-19-15-8-13(2)7-14(18)9-15/h3-9,16,19-20H,10-11H2,1-2H3. The molecule has 21 heavy (non-hydrogen) atoms. The molecule has 4 heteroatoms. The van der Waals surface area contributed by atoms with Crippen LogP contribution in [0.3, 0.4) is 0 Å². The van der Waals surface area contributed by atoms with Crippen LogP contribution in [0.5, 0.6) is 5.75 Å². The van der Waals surface area contributed by atoms with Crippen LogP contribution in [0, 0.1) is 19.7 Å². The Balaban J connectivity index is 1.79. The summed E-state index contributed by atoms with van der Waals surface area (Å²) in [5.74, 6) is 0.434. The van der Waals surface area contributed by atoms with E-state index in [9.17, 15) is 9.50 Å². The molecule has 0 bridgehead atoms. The van der Waals surface area contributed by atoms with Crippen LogP contribution in [-0.2, 0) is 0 Å². The molecule has 0 spiro atoms. The largest absolute Gasteiger partial charge is 0.491 e. The van der Waals surface area contributed by atoms with E-state index in [2.05, 4.69) is 5.32 Å². The summed E-state index contributed by atoms with van der Waals surface area (Å²) in [5.41, 5.74) is 2.65. The minimum absolute atomic E-state index is 0.185. The molecule has 0 aromatic heterocycles. The van der Waals surface area contributed by atoms with E-state index >= 15 is 0 Å². The molecule has 0 saturated heterocycles. The SMILES string of the molecule is Cc1ccc(OCC(O)CNc2cc(C)cc(F)c2)cc1. The Morgan fingerprint density at radius 1 is 1.10 bits per heavy atom. The highest BCUT2D eigenvalue weighted by atomic mass is 19.1. The molecule has 1 atom stereocenters. The van der Waals surface area contributed by atoms with Crippen LogP contribution < -0.4 is 10.1 Å². The minimum atomic E-state index is -0.671. The summed E-state index contributed by atoms with van der Waals surface area (Å²) in [4.78, 5) is 0. The molecule has 3 nitrogen and oxygen atoms in total. The summed E-state index contributed by atoms with van der Waals surface area (Å²) < 4.78 is 18.7. The Labute approximate surface area is 124 Å². The molecule has 2 aromatic carbocycles. The molecular formula is C17H20FNO2. The Hall–Kier alpha value is -2.07. The first kappa shape index (κ1) is 15.3. The van der Waals surface area contributed by atoms with E-state index in [4.69, 9.17) is 4.74 Å². The van der Waals surface area contributed by atoms with Crippen molar-refractivity contribution in [3.63, 3.8) is 0 Å². The Morgan fingerprint density at radius 3 is 2.48 bits per heavy atom. The van der Waals surface area contributed by atoms with Gasteiger partial charge in [0.15, 0.2) is 0 Å². The van der Waals surface area contributed by atoms with Crippen molar-refractivity contribution in [3.05, 3.63) is 59.4 Å². The van der Waals surface area contributed by atoms with E-state index in [0.717, 1.165) is 16.9 Å². The van der Waals surface area contributed by atoms with Gasteiger partial charge in [-0.1, -0.05) is 17.7 Å². The maximum atomic E-state index is 13.2. The molecule has 0 heterocycles. The van der Waals surface area contributed by atoms with Crippen LogP contribution in [0.4, 0.5) is 10.1 Å². The first-order valence-electron chi connectivity index (χ1n) is 6.91. The summed E-state index contributed by atoms with van der Waals surface area (Å²) in [7, 11) is 0. The van der Waals surface area contributed by atoms with Gasteiger partial charge in [0.25, 0.3) is 0 Å². The third-order valence-electron chi connectivity index (χ3n) is 3.05. The van der Waals surface area contributed by atoms with Crippen LogP contribution in [0.2, 0.25) is 0 Å². The van der Waals surface area contributed by atoms with Gasteiger partial charge in [-0.05, 0) is 49.7 Å². The summed E-state index contributed by atoms with van der Waals surface area (Å²) >= 11 is 0. The lowest BCUT2D eigenvalue weighted by Gasteiger charge is -2.14. The van der Waals surface area contributed by atoms with Gasteiger partial charge in [0.1, 0.15) is 24.3 Å². The number of aliphatic hydroxyl groups is 1. The van der Waals surface area contributed by atoms with Crippen LogP contribution >= 0.6 is 0 Å². The molecule has 0 aliphatic heterocycles. The summed E-state index contributed by atoms with van der Waals surface area (Å²) in [5, 5.41) is 12.9. The molecule has 0 fully saturated rings. The Morgan fingerprint density at radius 2 is 1.81 bits per heavy atom. The van der Waals surface area contributed by atoms with Crippen LogP contribution in [0.15, 0.2) is 42.5 Å². The molecule has 0 radical (unpaired) electrons. The van der Waals surface area contributed by atoms with Gasteiger partial charge in [-0.3, -0.25) is 0 Å². The van der Waals surface area contributed by atoms with Crippen molar-refractivity contribution in [3.8, 4) is 5.75 Å². The highest BCUT2D eigenvalue weighted by molar-refractivity contribution is 5.46. The van der Waals surface area contributed by atoms with Crippen LogP contribution in [-0.4, -0.2) is 24.4 Å². The fourth-order valence-electron chi connectivity index (χ4n) is 1.96. The second-order valence-electron chi connectivity index (χ2n) is 5.18. The molecule has 2 rings (SSSR count). The number of rotatable bonds is 6.